The molecule has 3 aromatic rings. The van der Waals surface area contributed by atoms with E-state index >= 15 is 0 Å². The van der Waals surface area contributed by atoms with Gasteiger partial charge in [0.25, 0.3) is 0 Å². The molecule has 4 heterocycles. The Labute approximate surface area is 246 Å². The molecule has 0 bridgehead atoms. The highest BCUT2D eigenvalue weighted by molar-refractivity contribution is 7.52. The maximum atomic E-state index is 14.2. The molecule has 2 saturated heterocycles. The van der Waals surface area contributed by atoms with Crippen LogP contribution in [-0.4, -0.2) is 68.2 Å². The molecule has 7 atom stereocenters. The first-order chi connectivity index (χ1) is 20.7. The quantitative estimate of drug-likeness (QED) is 0.248. The van der Waals surface area contributed by atoms with Crippen LogP contribution in [0.4, 0.5) is 10.6 Å². The molecule has 43 heavy (non-hydrogen) atoms. The third-order valence-corrected chi connectivity index (χ3v) is 9.39. The zero-order valence-electron chi connectivity index (χ0n) is 23.6. The Bertz CT molecular complexity index is 1520. The molecule has 3 N–H and O–H groups in total. The van der Waals surface area contributed by atoms with Crippen molar-refractivity contribution in [3.8, 4) is 5.75 Å². The maximum absolute atomic E-state index is 14.2. The summed E-state index contributed by atoms with van der Waals surface area (Å²) in [6.45, 7) is 3.12. The number of hydrogen-bond acceptors (Lipinski definition) is 13. The van der Waals surface area contributed by atoms with Crippen LogP contribution in [0.15, 0.2) is 43.0 Å². The average molecular weight is 617 g/mol. The van der Waals surface area contributed by atoms with E-state index in [0.717, 1.165) is 32.1 Å². The van der Waals surface area contributed by atoms with E-state index in [0.29, 0.717) is 11.2 Å². The molecule has 1 saturated carbocycles. The van der Waals surface area contributed by atoms with E-state index in [9.17, 15) is 14.2 Å². The maximum Gasteiger partial charge on any atom is 0.509 e. The van der Waals surface area contributed by atoms with Gasteiger partial charge in [0, 0.05) is 0 Å². The number of benzene rings is 1. The molecule has 230 valence electrons. The van der Waals surface area contributed by atoms with Gasteiger partial charge in [0.2, 0.25) is 0 Å². The molecule has 1 aliphatic carbocycles. The van der Waals surface area contributed by atoms with Gasteiger partial charge in [0.05, 0.1) is 12.4 Å². The van der Waals surface area contributed by atoms with E-state index in [1.165, 1.54) is 19.6 Å². The van der Waals surface area contributed by atoms with E-state index in [1.54, 1.807) is 41.8 Å². The van der Waals surface area contributed by atoms with Gasteiger partial charge in [-0.05, 0) is 51.7 Å². The Morgan fingerprint density at radius 2 is 1.84 bits per heavy atom. The van der Waals surface area contributed by atoms with E-state index in [1.807, 2.05) is 0 Å². The number of carbonyl (C=O) groups is 2. The standard InChI is InChI=1S/C27H33N6O9P/c1-15(26(34)37-17-9-5-3-6-10-17)32-43(36,42-18-11-7-4-8-12-18)41-16(2)20-21-22(40-27(35)39-21)25(38-20)33-14-31-19-23(28)29-13-30-24(19)33/h4,7-8,11-17,20-22,25H,3,5-6,9-10H2,1-2H3,(H,32,36)(H2,28,29,30). The van der Waals surface area contributed by atoms with Crippen molar-refractivity contribution in [3.05, 3.63) is 43.0 Å². The fourth-order valence-corrected chi connectivity index (χ4v) is 7.24. The second kappa shape index (κ2) is 12.1. The second-order valence-corrected chi connectivity index (χ2v) is 12.4. The molecule has 16 heteroatoms. The lowest BCUT2D eigenvalue weighted by molar-refractivity contribution is -0.152. The number of imidazole rings is 1. The number of para-hydroxylation sites is 1. The minimum absolute atomic E-state index is 0.174. The molecule has 0 spiro atoms. The summed E-state index contributed by atoms with van der Waals surface area (Å²) in [5, 5.41) is 2.72. The van der Waals surface area contributed by atoms with E-state index in [4.69, 9.17) is 33.7 Å². The van der Waals surface area contributed by atoms with Crippen LogP contribution in [0.25, 0.3) is 11.2 Å². The van der Waals surface area contributed by atoms with Gasteiger partial charge in [-0.2, -0.15) is 5.09 Å². The van der Waals surface area contributed by atoms with Crippen LogP contribution in [0.5, 0.6) is 5.75 Å². The summed E-state index contributed by atoms with van der Waals surface area (Å²) in [4.78, 5) is 37.6. The van der Waals surface area contributed by atoms with Crippen molar-refractivity contribution in [2.24, 2.45) is 0 Å². The monoisotopic (exact) mass is 616 g/mol. The smallest absolute Gasteiger partial charge is 0.461 e. The molecule has 2 aromatic heterocycles. The number of nitrogens with one attached hydrogen (secondary N) is 1. The van der Waals surface area contributed by atoms with Gasteiger partial charge in [0.15, 0.2) is 29.9 Å². The number of esters is 1. The minimum Gasteiger partial charge on any atom is -0.461 e. The van der Waals surface area contributed by atoms with Crippen molar-refractivity contribution in [2.45, 2.75) is 88.7 Å². The van der Waals surface area contributed by atoms with Crippen LogP contribution in [0.1, 0.15) is 52.2 Å². The van der Waals surface area contributed by atoms with Crippen LogP contribution in [0.2, 0.25) is 0 Å². The predicted molar refractivity (Wildman–Crippen MR) is 150 cm³/mol. The summed E-state index contributed by atoms with van der Waals surface area (Å²) in [6.07, 6.45) is 1.63. The third kappa shape index (κ3) is 6.16. The Balaban J connectivity index is 1.22. The molecule has 6 rings (SSSR count). The van der Waals surface area contributed by atoms with Crippen LogP contribution in [0.3, 0.4) is 0 Å². The van der Waals surface area contributed by atoms with Crippen LogP contribution < -0.4 is 15.3 Å². The summed E-state index contributed by atoms with van der Waals surface area (Å²) >= 11 is 0. The van der Waals surface area contributed by atoms with Gasteiger partial charge < -0.3 is 29.2 Å². The summed E-state index contributed by atoms with van der Waals surface area (Å²) in [6, 6.07) is 7.38. The number of nitrogen functional groups attached to an aromatic ring is 1. The van der Waals surface area contributed by atoms with Gasteiger partial charge in [-0.15, -0.1) is 0 Å². The Morgan fingerprint density at radius 3 is 2.60 bits per heavy atom. The number of rotatable bonds is 10. The van der Waals surface area contributed by atoms with E-state index in [-0.39, 0.29) is 17.7 Å². The Hall–Kier alpha value is -3.78. The first-order valence-corrected chi connectivity index (χ1v) is 15.7. The van der Waals surface area contributed by atoms with Crippen LogP contribution in [0, 0.1) is 0 Å². The molecule has 0 radical (unpaired) electrons. The molecule has 3 aliphatic rings. The summed E-state index contributed by atoms with van der Waals surface area (Å²) < 4.78 is 50.4. The van der Waals surface area contributed by atoms with Gasteiger partial charge in [-0.1, -0.05) is 24.6 Å². The number of hydrogen-bond donors (Lipinski definition) is 2. The van der Waals surface area contributed by atoms with Gasteiger partial charge in [-0.25, -0.2) is 24.3 Å². The zero-order chi connectivity index (χ0) is 30.1. The van der Waals surface area contributed by atoms with Crippen molar-refractivity contribution >= 4 is 36.9 Å². The lowest BCUT2D eigenvalue weighted by Crippen LogP contribution is -2.41. The Kier molecular flexibility index (Phi) is 8.23. The van der Waals surface area contributed by atoms with Crippen LogP contribution in [-0.2, 0) is 32.8 Å². The molecule has 1 aromatic carbocycles. The van der Waals surface area contributed by atoms with E-state index in [2.05, 4.69) is 20.0 Å². The number of anilines is 1. The topological polar surface area (TPSA) is 188 Å². The summed E-state index contributed by atoms with van der Waals surface area (Å²) in [5.41, 5.74) is 6.64. The normalized spacial score (nSPS) is 26.6. The average Bonchev–Trinajstić information content (AvgIpc) is 3.67. The number of carbonyl (C=O) groups excluding carboxylic acids is 2. The summed E-state index contributed by atoms with van der Waals surface area (Å²) in [7, 11) is -4.26. The molecule has 2 aliphatic heterocycles. The molecule has 0 amide bonds. The fourth-order valence-electron chi connectivity index (χ4n) is 5.55. The van der Waals surface area contributed by atoms with E-state index < -0.39 is 56.6 Å². The van der Waals surface area contributed by atoms with Crippen LogP contribution >= 0.6 is 7.75 Å². The van der Waals surface area contributed by atoms with Crippen molar-refractivity contribution in [3.63, 3.8) is 0 Å². The van der Waals surface area contributed by atoms with Gasteiger partial charge in [-0.3, -0.25) is 13.9 Å². The molecule has 7 unspecified atom stereocenters. The largest absolute Gasteiger partial charge is 0.509 e. The van der Waals surface area contributed by atoms with Crippen molar-refractivity contribution in [2.75, 3.05) is 5.73 Å². The zero-order valence-corrected chi connectivity index (χ0v) is 24.5. The highest BCUT2D eigenvalue weighted by Crippen LogP contribution is 2.49. The summed E-state index contributed by atoms with van der Waals surface area (Å²) in [5.74, 6) is -0.143. The van der Waals surface area contributed by atoms with Crippen molar-refractivity contribution < 1.29 is 42.1 Å². The van der Waals surface area contributed by atoms with Gasteiger partial charge in [0.1, 0.15) is 35.8 Å². The first-order valence-electron chi connectivity index (χ1n) is 14.2. The fraction of sp³-hybridized carbons (Fsp3) is 0.519. The highest BCUT2D eigenvalue weighted by Gasteiger charge is 2.58. The number of nitrogens with two attached hydrogens (primary N) is 1. The SMILES string of the molecule is CC(NP(=O)(Oc1ccccc1)OC(C)C1OC(n2cnc3c(N)ncnc32)C2OC(=O)OC12)C(=O)OC1CCCCC1. The lowest BCUT2D eigenvalue weighted by Gasteiger charge is -2.29. The van der Waals surface area contributed by atoms with Crippen molar-refractivity contribution in [1.82, 2.24) is 24.6 Å². The highest BCUT2D eigenvalue weighted by atomic mass is 31.2. The molecule has 15 nitrogen and oxygen atoms in total. The number of fused-ring (bicyclic) bond motifs is 2. The number of aromatic nitrogens is 4. The second-order valence-electron chi connectivity index (χ2n) is 10.7. The predicted octanol–water partition coefficient (Wildman–Crippen LogP) is 3.66. The Morgan fingerprint density at radius 1 is 1.09 bits per heavy atom. The molecular formula is C27H33N6O9P. The van der Waals surface area contributed by atoms with Crippen molar-refractivity contribution in [1.29, 1.82) is 0 Å². The number of nitrogens with zero attached hydrogens (tertiary/aromatic N) is 4. The first kappa shape index (κ1) is 29.3. The van der Waals surface area contributed by atoms with Gasteiger partial charge >= 0.3 is 19.9 Å². The number of ether oxygens (including phenoxy) is 4. The third-order valence-electron chi connectivity index (χ3n) is 7.63. The molecule has 3 fully saturated rings. The molecular weight excluding hydrogens is 583 g/mol. The lowest BCUT2D eigenvalue weighted by atomic mass is 9.98. The minimum atomic E-state index is -4.26.